The van der Waals surface area contributed by atoms with Crippen LogP contribution in [0.3, 0.4) is 0 Å². The molecule has 1 aromatic rings. The molecule has 16 heavy (non-hydrogen) atoms. The summed E-state index contributed by atoms with van der Waals surface area (Å²) >= 11 is 0. The maximum absolute atomic E-state index is 11.5. The van der Waals surface area contributed by atoms with Gasteiger partial charge in [0, 0.05) is 0 Å². The van der Waals surface area contributed by atoms with Gasteiger partial charge in [-0.15, -0.1) is 6.58 Å². The largest absolute Gasteiger partial charge is 0.508 e. The van der Waals surface area contributed by atoms with E-state index in [-0.39, 0.29) is 17.6 Å². The molecule has 3 nitrogen and oxygen atoms in total. The molecular formula is C13H16O3. The molecule has 1 N–H and O–H groups in total. The average molecular weight is 220 g/mol. The first-order valence-corrected chi connectivity index (χ1v) is 5.14. The van der Waals surface area contributed by atoms with E-state index in [1.807, 2.05) is 0 Å². The van der Waals surface area contributed by atoms with E-state index in [0.717, 1.165) is 5.56 Å². The van der Waals surface area contributed by atoms with E-state index < -0.39 is 0 Å². The first-order valence-electron chi connectivity index (χ1n) is 5.14. The second-order valence-electron chi connectivity index (χ2n) is 3.62. The number of hydrogen-bond donors (Lipinski definition) is 1. The zero-order valence-electron chi connectivity index (χ0n) is 9.35. The van der Waals surface area contributed by atoms with Crippen molar-refractivity contribution in [2.24, 2.45) is 5.92 Å². The minimum Gasteiger partial charge on any atom is -0.508 e. The highest BCUT2D eigenvalue weighted by molar-refractivity contribution is 5.72. The second kappa shape index (κ2) is 5.95. The number of esters is 1. The molecule has 0 fully saturated rings. The summed E-state index contributed by atoms with van der Waals surface area (Å²) in [5, 5.41) is 9.14. The lowest BCUT2D eigenvalue weighted by atomic mass is 9.96. The van der Waals surface area contributed by atoms with Crippen LogP contribution in [0.25, 0.3) is 0 Å². The Morgan fingerprint density at radius 3 is 2.62 bits per heavy atom. The number of carbonyl (C=O) groups is 1. The van der Waals surface area contributed by atoms with Gasteiger partial charge in [-0.2, -0.15) is 0 Å². The van der Waals surface area contributed by atoms with Crippen molar-refractivity contribution in [3.63, 3.8) is 0 Å². The van der Waals surface area contributed by atoms with E-state index in [1.165, 1.54) is 7.11 Å². The predicted octanol–water partition coefficient (Wildman–Crippen LogP) is 2.30. The lowest BCUT2D eigenvalue weighted by Gasteiger charge is -2.12. The number of methoxy groups -OCH3 is 1. The summed E-state index contributed by atoms with van der Waals surface area (Å²) in [7, 11) is 1.38. The zero-order valence-corrected chi connectivity index (χ0v) is 9.35. The summed E-state index contributed by atoms with van der Waals surface area (Å²) in [5.41, 5.74) is 0.995. The van der Waals surface area contributed by atoms with E-state index in [1.54, 1.807) is 30.3 Å². The van der Waals surface area contributed by atoms with Crippen LogP contribution in [0, 0.1) is 5.92 Å². The highest BCUT2D eigenvalue weighted by Gasteiger charge is 2.17. The summed E-state index contributed by atoms with van der Waals surface area (Å²) < 4.78 is 4.72. The van der Waals surface area contributed by atoms with Gasteiger partial charge in [0.15, 0.2) is 0 Å². The molecule has 0 aliphatic rings. The molecule has 0 saturated carbocycles. The molecule has 0 amide bonds. The van der Waals surface area contributed by atoms with Gasteiger partial charge in [-0.3, -0.25) is 4.79 Å². The molecule has 0 saturated heterocycles. The monoisotopic (exact) mass is 220 g/mol. The van der Waals surface area contributed by atoms with Gasteiger partial charge in [0.2, 0.25) is 0 Å². The SMILES string of the molecule is C=CCC(Cc1ccc(O)cc1)C(=O)OC. The number of phenolic OH excluding ortho intramolecular Hbond substituents is 1. The van der Waals surface area contributed by atoms with E-state index >= 15 is 0 Å². The van der Waals surface area contributed by atoms with Crippen LogP contribution in [-0.4, -0.2) is 18.2 Å². The molecule has 0 bridgehead atoms. The molecule has 86 valence electrons. The van der Waals surface area contributed by atoms with Crippen LogP contribution in [0.15, 0.2) is 36.9 Å². The fraction of sp³-hybridized carbons (Fsp3) is 0.308. The summed E-state index contributed by atoms with van der Waals surface area (Å²) in [5.74, 6) is -0.206. The maximum Gasteiger partial charge on any atom is 0.309 e. The summed E-state index contributed by atoms with van der Waals surface area (Å²) in [6.45, 7) is 3.63. The second-order valence-corrected chi connectivity index (χ2v) is 3.62. The third kappa shape index (κ3) is 3.42. The molecule has 0 aliphatic heterocycles. The van der Waals surface area contributed by atoms with Gasteiger partial charge in [-0.1, -0.05) is 18.2 Å². The third-order valence-corrected chi connectivity index (χ3v) is 2.40. The normalized spacial score (nSPS) is 11.8. The lowest BCUT2D eigenvalue weighted by molar-refractivity contribution is -0.145. The van der Waals surface area contributed by atoms with Gasteiger partial charge in [-0.25, -0.2) is 0 Å². The van der Waals surface area contributed by atoms with E-state index in [4.69, 9.17) is 9.84 Å². The summed E-state index contributed by atoms with van der Waals surface area (Å²) in [4.78, 5) is 11.5. The van der Waals surface area contributed by atoms with Crippen LogP contribution in [0.1, 0.15) is 12.0 Å². The van der Waals surface area contributed by atoms with Crippen LogP contribution in [0.4, 0.5) is 0 Å². The lowest BCUT2D eigenvalue weighted by Crippen LogP contribution is -2.18. The van der Waals surface area contributed by atoms with Crippen molar-refractivity contribution in [1.82, 2.24) is 0 Å². The molecule has 0 aromatic heterocycles. The number of phenols is 1. The van der Waals surface area contributed by atoms with Gasteiger partial charge in [0.05, 0.1) is 13.0 Å². The minimum atomic E-state index is -0.229. The van der Waals surface area contributed by atoms with Crippen LogP contribution < -0.4 is 0 Å². The van der Waals surface area contributed by atoms with Crippen LogP contribution >= 0.6 is 0 Å². The highest BCUT2D eigenvalue weighted by atomic mass is 16.5. The Balaban J connectivity index is 2.71. The third-order valence-electron chi connectivity index (χ3n) is 2.40. The Kier molecular flexibility index (Phi) is 4.58. The van der Waals surface area contributed by atoms with Gasteiger partial charge in [0.1, 0.15) is 5.75 Å². The fourth-order valence-corrected chi connectivity index (χ4v) is 1.55. The number of allylic oxidation sites excluding steroid dienone is 1. The Morgan fingerprint density at radius 1 is 1.50 bits per heavy atom. The van der Waals surface area contributed by atoms with Crippen molar-refractivity contribution in [1.29, 1.82) is 0 Å². The smallest absolute Gasteiger partial charge is 0.309 e. The summed E-state index contributed by atoms with van der Waals surface area (Å²) in [6, 6.07) is 6.82. The number of ether oxygens (including phenoxy) is 1. The van der Waals surface area contributed by atoms with Crippen molar-refractivity contribution in [3.05, 3.63) is 42.5 Å². The van der Waals surface area contributed by atoms with Gasteiger partial charge in [0.25, 0.3) is 0 Å². The van der Waals surface area contributed by atoms with Crippen molar-refractivity contribution in [3.8, 4) is 5.75 Å². The number of aromatic hydroxyl groups is 1. The molecule has 1 aromatic carbocycles. The molecule has 1 unspecified atom stereocenters. The van der Waals surface area contributed by atoms with E-state index in [2.05, 4.69) is 6.58 Å². The zero-order chi connectivity index (χ0) is 12.0. The Bertz CT molecular complexity index is 354. The number of rotatable bonds is 5. The highest BCUT2D eigenvalue weighted by Crippen LogP contribution is 2.17. The molecule has 1 rings (SSSR count). The first kappa shape index (κ1) is 12.3. The standard InChI is InChI=1S/C13H16O3/c1-3-4-11(13(15)16-2)9-10-5-7-12(14)8-6-10/h3,5-8,11,14H,1,4,9H2,2H3. The van der Waals surface area contributed by atoms with Crippen LogP contribution in [-0.2, 0) is 16.0 Å². The van der Waals surface area contributed by atoms with E-state index in [9.17, 15) is 4.79 Å². The van der Waals surface area contributed by atoms with Crippen LogP contribution in [0.2, 0.25) is 0 Å². The van der Waals surface area contributed by atoms with Crippen molar-refractivity contribution in [2.45, 2.75) is 12.8 Å². The van der Waals surface area contributed by atoms with Gasteiger partial charge >= 0.3 is 5.97 Å². The molecular weight excluding hydrogens is 204 g/mol. The van der Waals surface area contributed by atoms with Crippen molar-refractivity contribution >= 4 is 5.97 Å². The molecule has 0 spiro atoms. The fourth-order valence-electron chi connectivity index (χ4n) is 1.55. The van der Waals surface area contributed by atoms with Gasteiger partial charge < -0.3 is 9.84 Å². The van der Waals surface area contributed by atoms with E-state index in [0.29, 0.717) is 12.8 Å². The number of benzene rings is 1. The molecule has 0 heterocycles. The minimum absolute atomic E-state index is 0.202. The number of carbonyl (C=O) groups excluding carboxylic acids is 1. The molecule has 1 atom stereocenters. The summed E-state index contributed by atoms with van der Waals surface area (Å²) in [6.07, 6.45) is 2.90. The van der Waals surface area contributed by atoms with Crippen molar-refractivity contribution < 1.29 is 14.6 Å². The van der Waals surface area contributed by atoms with Crippen molar-refractivity contribution in [2.75, 3.05) is 7.11 Å². The quantitative estimate of drug-likeness (QED) is 0.611. The molecule has 0 radical (unpaired) electrons. The molecule has 0 aliphatic carbocycles. The topological polar surface area (TPSA) is 46.5 Å². The first-order chi connectivity index (χ1) is 7.67. The van der Waals surface area contributed by atoms with Crippen LogP contribution in [0.5, 0.6) is 5.75 Å². The predicted molar refractivity (Wildman–Crippen MR) is 62.1 cm³/mol. The average Bonchev–Trinajstić information content (AvgIpc) is 2.30. The Morgan fingerprint density at radius 2 is 2.12 bits per heavy atom. The Labute approximate surface area is 95.4 Å². The molecule has 3 heteroatoms. The Hall–Kier alpha value is -1.77. The number of hydrogen-bond acceptors (Lipinski definition) is 3. The maximum atomic E-state index is 11.5. The van der Waals surface area contributed by atoms with Gasteiger partial charge in [-0.05, 0) is 30.5 Å².